The molecule has 1 aliphatic rings. The summed E-state index contributed by atoms with van der Waals surface area (Å²) in [4.78, 5) is 35.1. The van der Waals surface area contributed by atoms with Crippen molar-refractivity contribution < 1.29 is 28.0 Å². The standard InChI is InChI=1S/C44H55N8O7P/c1-29(2)52(30(3)4)60(57-25-24-45-6)59-37-26-39(51-28-46-40-41(51)48-43(49-42(40)53)47-31(5)50(7)8)58-38(37)27-56-44(32-14-12-11-13-15-32,33-16-20-35(54-9)21-17-33)34-18-22-36(55-10)23-19-34/h11-23,28-30,37-39H,24-27H2,1-5,7-10H3,(H,48,49,53)/t37-,38-,39-,60?/m1/s1. The molecule has 6 rings (SSSR count). The largest absolute Gasteiger partial charge is 0.497 e. The number of aliphatic imine (C=N–C) groups is 1. The quantitative estimate of drug-likeness (QED) is 0.0232. The number of H-pyrrole nitrogens is 1. The van der Waals surface area contributed by atoms with Gasteiger partial charge in [0.15, 0.2) is 11.2 Å². The van der Waals surface area contributed by atoms with E-state index < -0.39 is 38.1 Å². The van der Waals surface area contributed by atoms with Gasteiger partial charge < -0.3 is 37.7 Å². The summed E-state index contributed by atoms with van der Waals surface area (Å²) in [5, 5.41) is 0. The Kier molecular flexibility index (Phi) is 14.7. The summed E-state index contributed by atoms with van der Waals surface area (Å²) in [6, 6.07) is 25.9. The molecule has 15 nitrogen and oxygen atoms in total. The Morgan fingerprint density at radius 3 is 2.13 bits per heavy atom. The van der Waals surface area contributed by atoms with Crippen LogP contribution in [-0.2, 0) is 24.1 Å². The third-order valence-electron chi connectivity index (χ3n) is 10.3. The average molecular weight is 839 g/mol. The Morgan fingerprint density at radius 1 is 0.983 bits per heavy atom. The van der Waals surface area contributed by atoms with Gasteiger partial charge in [0, 0.05) is 32.6 Å². The molecule has 318 valence electrons. The molecule has 5 aromatic rings. The molecule has 0 aliphatic carbocycles. The Labute approximate surface area is 353 Å². The Morgan fingerprint density at radius 2 is 1.58 bits per heavy atom. The zero-order valence-electron chi connectivity index (χ0n) is 35.7. The van der Waals surface area contributed by atoms with Crippen molar-refractivity contribution in [2.75, 3.05) is 48.1 Å². The van der Waals surface area contributed by atoms with Crippen LogP contribution in [0.25, 0.3) is 16.0 Å². The lowest BCUT2D eigenvalue weighted by molar-refractivity contribution is -0.0911. The fourth-order valence-corrected chi connectivity index (χ4v) is 9.00. The number of ether oxygens (including phenoxy) is 4. The summed E-state index contributed by atoms with van der Waals surface area (Å²) >= 11 is 0. The molecule has 2 aromatic heterocycles. The first-order valence-corrected chi connectivity index (χ1v) is 21.1. The van der Waals surface area contributed by atoms with Crippen molar-refractivity contribution in [3.05, 3.63) is 124 Å². The first-order valence-electron chi connectivity index (χ1n) is 19.9. The van der Waals surface area contributed by atoms with Gasteiger partial charge in [-0.3, -0.25) is 14.3 Å². The molecule has 1 N–H and O–H groups in total. The van der Waals surface area contributed by atoms with Crippen LogP contribution in [0, 0.1) is 6.57 Å². The number of benzene rings is 3. The van der Waals surface area contributed by atoms with Gasteiger partial charge in [0.1, 0.15) is 41.9 Å². The van der Waals surface area contributed by atoms with Crippen molar-refractivity contribution in [2.24, 2.45) is 4.99 Å². The second-order valence-corrected chi connectivity index (χ2v) is 16.5. The number of aromatic nitrogens is 4. The molecule has 0 spiro atoms. The molecule has 16 heteroatoms. The van der Waals surface area contributed by atoms with E-state index in [4.69, 9.17) is 39.6 Å². The van der Waals surface area contributed by atoms with E-state index >= 15 is 0 Å². The zero-order valence-corrected chi connectivity index (χ0v) is 36.6. The van der Waals surface area contributed by atoms with Crippen LogP contribution in [0.5, 0.6) is 11.5 Å². The van der Waals surface area contributed by atoms with E-state index in [1.54, 1.807) is 25.1 Å². The summed E-state index contributed by atoms with van der Waals surface area (Å²) in [5.74, 6) is 2.23. The molecular formula is C44H55N8O7P. The molecule has 0 radical (unpaired) electrons. The normalized spacial score (nSPS) is 17.7. The number of rotatable bonds is 18. The maximum Gasteiger partial charge on any atom is 0.280 e. The second-order valence-electron chi connectivity index (χ2n) is 15.1. The predicted octanol–water partition coefficient (Wildman–Crippen LogP) is 7.71. The first-order chi connectivity index (χ1) is 28.9. The Balaban J connectivity index is 1.46. The minimum absolute atomic E-state index is 0.0704. The first kappa shape index (κ1) is 44.4. The highest BCUT2D eigenvalue weighted by atomic mass is 31.2. The van der Waals surface area contributed by atoms with Crippen LogP contribution < -0.4 is 15.0 Å². The number of nitrogens with zero attached hydrogens (tertiary/aromatic N) is 7. The average Bonchev–Trinajstić information content (AvgIpc) is 3.85. The molecule has 3 heterocycles. The van der Waals surface area contributed by atoms with Gasteiger partial charge in [0.25, 0.3) is 14.1 Å². The number of amidine groups is 1. The maximum atomic E-state index is 13.3. The van der Waals surface area contributed by atoms with Crippen molar-refractivity contribution in [2.45, 2.75) is 77.2 Å². The van der Waals surface area contributed by atoms with Crippen molar-refractivity contribution in [1.29, 1.82) is 0 Å². The summed E-state index contributed by atoms with van der Waals surface area (Å²) in [5.41, 5.74) is 1.58. The minimum Gasteiger partial charge on any atom is -0.497 e. The molecule has 0 amide bonds. The molecule has 1 aliphatic heterocycles. The van der Waals surface area contributed by atoms with Gasteiger partial charge in [0.05, 0.1) is 33.3 Å². The van der Waals surface area contributed by atoms with E-state index in [1.165, 1.54) is 0 Å². The number of methoxy groups -OCH3 is 2. The summed E-state index contributed by atoms with van der Waals surface area (Å²) in [6.07, 6.45) is 0.0353. The van der Waals surface area contributed by atoms with E-state index in [1.807, 2.05) is 105 Å². The fraction of sp³-hybridized carbons (Fsp3) is 0.432. The maximum absolute atomic E-state index is 13.3. The van der Waals surface area contributed by atoms with E-state index in [9.17, 15) is 4.79 Å². The molecule has 60 heavy (non-hydrogen) atoms. The number of hydrogen-bond donors (Lipinski definition) is 1. The summed E-state index contributed by atoms with van der Waals surface area (Å²) < 4.78 is 42.8. The number of fused-ring (bicyclic) bond motifs is 1. The van der Waals surface area contributed by atoms with Crippen LogP contribution in [0.4, 0.5) is 5.95 Å². The molecule has 3 aromatic carbocycles. The third kappa shape index (κ3) is 9.71. The SMILES string of the molecule is [C-]#[N+]CCOP(O[C@@H]1C[C@H](n2cnc3c(=O)[nH]c(N=C(C)N(C)C)nc32)O[C@@H]1COC(c1ccccc1)(c1ccc(OC)cc1)c1ccc(OC)cc1)N(C(C)C)C(C)C. The van der Waals surface area contributed by atoms with Gasteiger partial charge in [-0.25, -0.2) is 21.2 Å². The molecular weight excluding hydrogens is 784 g/mol. The van der Waals surface area contributed by atoms with Crippen molar-refractivity contribution >= 4 is 31.5 Å². The van der Waals surface area contributed by atoms with E-state index in [-0.39, 0.29) is 43.3 Å². The van der Waals surface area contributed by atoms with E-state index in [0.29, 0.717) is 29.4 Å². The lowest BCUT2D eigenvalue weighted by Gasteiger charge is -2.39. The highest BCUT2D eigenvalue weighted by Crippen LogP contribution is 2.51. The molecule has 0 bridgehead atoms. The molecule has 1 unspecified atom stereocenters. The van der Waals surface area contributed by atoms with Gasteiger partial charge in [0.2, 0.25) is 12.5 Å². The Bertz CT molecular complexity index is 2240. The van der Waals surface area contributed by atoms with Gasteiger partial charge >= 0.3 is 0 Å². The molecule has 1 fully saturated rings. The van der Waals surface area contributed by atoms with Crippen molar-refractivity contribution in [3.63, 3.8) is 0 Å². The van der Waals surface area contributed by atoms with E-state index in [2.05, 4.69) is 52.2 Å². The van der Waals surface area contributed by atoms with Crippen LogP contribution >= 0.6 is 8.53 Å². The highest BCUT2D eigenvalue weighted by Gasteiger charge is 2.45. The lowest BCUT2D eigenvalue weighted by atomic mass is 9.80. The fourth-order valence-electron chi connectivity index (χ4n) is 7.25. The van der Waals surface area contributed by atoms with Crippen molar-refractivity contribution in [3.8, 4) is 11.5 Å². The smallest absolute Gasteiger partial charge is 0.280 e. The van der Waals surface area contributed by atoms with Gasteiger partial charge in [-0.2, -0.15) is 4.98 Å². The second kappa shape index (κ2) is 19.9. The molecule has 1 saturated heterocycles. The highest BCUT2D eigenvalue weighted by molar-refractivity contribution is 7.44. The predicted molar refractivity (Wildman–Crippen MR) is 233 cm³/mol. The number of imidazole rings is 1. The summed E-state index contributed by atoms with van der Waals surface area (Å²) in [6.45, 7) is 18.1. The third-order valence-corrected chi connectivity index (χ3v) is 12.5. The van der Waals surface area contributed by atoms with Crippen LogP contribution in [-0.4, -0.2) is 107 Å². The van der Waals surface area contributed by atoms with Crippen LogP contribution in [0.1, 0.15) is 64.0 Å². The van der Waals surface area contributed by atoms with Gasteiger partial charge in [-0.05, 0) is 75.6 Å². The van der Waals surface area contributed by atoms with Crippen LogP contribution in [0.15, 0.2) is 95.0 Å². The number of aromatic amines is 1. The van der Waals surface area contributed by atoms with E-state index in [0.717, 1.165) is 16.7 Å². The topological polar surface area (TPSA) is 142 Å². The zero-order chi connectivity index (χ0) is 43.0. The van der Waals surface area contributed by atoms with Gasteiger partial charge in [-0.1, -0.05) is 54.6 Å². The number of nitrogens with one attached hydrogen (secondary N) is 1. The molecule has 4 atom stereocenters. The lowest BCUT2D eigenvalue weighted by Crippen LogP contribution is -2.39. The monoisotopic (exact) mass is 838 g/mol. The summed E-state index contributed by atoms with van der Waals surface area (Å²) in [7, 11) is 5.35. The van der Waals surface area contributed by atoms with Crippen LogP contribution in [0.2, 0.25) is 0 Å². The number of hydrogen-bond acceptors (Lipinski definition) is 11. The minimum atomic E-state index is -1.66. The Hall–Kier alpha value is -5.20. The van der Waals surface area contributed by atoms with Gasteiger partial charge in [-0.15, -0.1) is 0 Å². The molecule has 0 saturated carbocycles. The van der Waals surface area contributed by atoms with Crippen molar-refractivity contribution in [1.82, 2.24) is 29.1 Å². The van der Waals surface area contributed by atoms with Crippen LogP contribution in [0.3, 0.4) is 0 Å².